The van der Waals surface area contributed by atoms with Crippen molar-refractivity contribution in [1.82, 2.24) is 14.5 Å². The average Bonchev–Trinajstić information content (AvgIpc) is 3.25. The Bertz CT molecular complexity index is 1320. The molecule has 9 heteroatoms. The van der Waals surface area contributed by atoms with Crippen LogP contribution in [-0.2, 0) is 20.9 Å². The lowest BCUT2D eigenvalue weighted by atomic mass is 10.1. The Morgan fingerprint density at radius 2 is 1.94 bits per heavy atom. The highest BCUT2D eigenvalue weighted by Gasteiger charge is 2.16. The van der Waals surface area contributed by atoms with Gasteiger partial charge in [0, 0.05) is 23.6 Å². The normalized spacial score (nSPS) is 11.6. The lowest BCUT2D eigenvalue weighted by Gasteiger charge is -2.11. The second-order valence-electron chi connectivity index (χ2n) is 8.29. The van der Waals surface area contributed by atoms with Crippen LogP contribution in [0.3, 0.4) is 0 Å². The minimum atomic E-state index is -0.870. The number of hydrogen-bond acceptors (Lipinski definition) is 5. The molecule has 0 atom stereocenters. The van der Waals surface area contributed by atoms with Gasteiger partial charge in [0.2, 0.25) is 0 Å². The van der Waals surface area contributed by atoms with E-state index < -0.39 is 18.5 Å². The maximum Gasteiger partial charge on any atom is 0.349 e. The number of carbonyl (C=O) groups is 2. The van der Waals surface area contributed by atoms with Crippen LogP contribution in [0.15, 0.2) is 34.6 Å². The number of nitrogens with one attached hydrogen (secondary N) is 3. The predicted octanol–water partition coefficient (Wildman–Crippen LogP) is 3.41. The van der Waals surface area contributed by atoms with Gasteiger partial charge in [-0.05, 0) is 62.1 Å². The highest BCUT2D eigenvalue weighted by atomic mass is 16.5. The number of nitriles is 1. The number of rotatable bonds is 8. The van der Waals surface area contributed by atoms with Gasteiger partial charge in [0.05, 0.1) is 11.0 Å². The van der Waals surface area contributed by atoms with Gasteiger partial charge in [0.25, 0.3) is 5.91 Å². The molecule has 0 aliphatic heterocycles. The fourth-order valence-corrected chi connectivity index (χ4v) is 3.51. The van der Waals surface area contributed by atoms with E-state index >= 15 is 0 Å². The van der Waals surface area contributed by atoms with Gasteiger partial charge in [-0.15, -0.1) is 0 Å². The number of benzene rings is 1. The van der Waals surface area contributed by atoms with Crippen molar-refractivity contribution >= 4 is 34.7 Å². The first-order valence-corrected chi connectivity index (χ1v) is 10.7. The van der Waals surface area contributed by atoms with Gasteiger partial charge in [-0.3, -0.25) is 4.79 Å². The molecule has 3 N–H and O–H groups in total. The van der Waals surface area contributed by atoms with Crippen LogP contribution in [0.1, 0.15) is 37.2 Å². The maximum absolute atomic E-state index is 12.4. The predicted molar refractivity (Wildman–Crippen MR) is 125 cm³/mol. The molecule has 2 heterocycles. The largest absolute Gasteiger partial charge is 0.451 e. The number of aryl methyl sites for hydroxylation is 1. The van der Waals surface area contributed by atoms with Gasteiger partial charge in [0.1, 0.15) is 11.6 Å². The molecule has 0 aliphatic carbocycles. The first-order valence-electron chi connectivity index (χ1n) is 10.7. The van der Waals surface area contributed by atoms with Crippen LogP contribution in [0.4, 0.5) is 5.69 Å². The van der Waals surface area contributed by atoms with E-state index in [2.05, 4.69) is 33.7 Å². The van der Waals surface area contributed by atoms with Gasteiger partial charge < -0.3 is 24.6 Å². The molecule has 0 unspecified atom stereocenters. The third-order valence-corrected chi connectivity index (χ3v) is 5.32. The molecule has 3 aromatic rings. The van der Waals surface area contributed by atoms with E-state index in [4.69, 9.17) is 4.74 Å². The van der Waals surface area contributed by atoms with E-state index in [1.54, 1.807) is 18.2 Å². The summed E-state index contributed by atoms with van der Waals surface area (Å²) >= 11 is 0. The molecule has 0 spiro atoms. The summed E-state index contributed by atoms with van der Waals surface area (Å²) < 4.78 is 7.20. The molecule has 2 aromatic heterocycles. The van der Waals surface area contributed by atoms with Gasteiger partial charge in [-0.2, -0.15) is 5.26 Å². The van der Waals surface area contributed by atoms with Gasteiger partial charge >= 0.3 is 11.7 Å². The zero-order valence-corrected chi connectivity index (χ0v) is 19.1. The van der Waals surface area contributed by atoms with Crippen molar-refractivity contribution in [2.24, 2.45) is 5.92 Å². The Labute approximate surface area is 191 Å². The van der Waals surface area contributed by atoms with Crippen LogP contribution in [0.5, 0.6) is 0 Å². The van der Waals surface area contributed by atoms with Gasteiger partial charge in [-0.1, -0.05) is 13.8 Å². The van der Waals surface area contributed by atoms with Crippen molar-refractivity contribution < 1.29 is 14.3 Å². The number of ether oxygens (including phenoxy) is 1. The number of H-pyrrole nitrogens is 2. The van der Waals surface area contributed by atoms with Crippen molar-refractivity contribution in [3.05, 3.63) is 57.3 Å². The highest BCUT2D eigenvalue weighted by Crippen LogP contribution is 2.20. The summed E-state index contributed by atoms with van der Waals surface area (Å²) in [6.07, 6.45) is 2.51. The zero-order valence-electron chi connectivity index (χ0n) is 19.1. The smallest absolute Gasteiger partial charge is 0.349 e. The van der Waals surface area contributed by atoms with Crippen LogP contribution in [0.25, 0.3) is 17.1 Å². The molecular weight excluding hydrogens is 422 g/mol. The molecule has 3 rings (SSSR count). The van der Waals surface area contributed by atoms with Crippen LogP contribution in [0.2, 0.25) is 0 Å². The maximum atomic E-state index is 12.4. The molecule has 0 aliphatic rings. The number of fused-ring (bicyclic) bond motifs is 1. The summed E-state index contributed by atoms with van der Waals surface area (Å²) in [5.74, 6) is -0.872. The topological polar surface area (TPSA) is 133 Å². The Hall–Kier alpha value is -4.06. The molecular formula is C24H27N5O4. The summed E-state index contributed by atoms with van der Waals surface area (Å²) in [6.45, 7) is 8.56. The molecule has 0 saturated carbocycles. The number of aromatic amines is 2. The van der Waals surface area contributed by atoms with Crippen molar-refractivity contribution in [2.75, 3.05) is 11.9 Å². The van der Waals surface area contributed by atoms with Crippen molar-refractivity contribution in [3.8, 4) is 6.07 Å². The summed E-state index contributed by atoms with van der Waals surface area (Å²) in [5, 5.41) is 12.0. The van der Waals surface area contributed by atoms with Crippen molar-refractivity contribution in [2.45, 2.75) is 40.7 Å². The third kappa shape index (κ3) is 5.80. The minimum absolute atomic E-state index is 0.182. The number of nitrogens with zero attached hydrogens (tertiary/aromatic N) is 2. The van der Waals surface area contributed by atoms with Crippen LogP contribution in [0, 0.1) is 31.1 Å². The van der Waals surface area contributed by atoms with Crippen molar-refractivity contribution in [3.63, 3.8) is 0 Å². The number of carbonyl (C=O) groups excluding carboxylic acids is 2. The number of imidazole rings is 1. The molecule has 1 amide bonds. The van der Waals surface area contributed by atoms with Gasteiger partial charge in [0.15, 0.2) is 6.61 Å². The summed E-state index contributed by atoms with van der Waals surface area (Å²) in [6, 6.07) is 8.63. The molecule has 9 nitrogen and oxygen atoms in total. The third-order valence-electron chi connectivity index (χ3n) is 5.32. The molecule has 0 bridgehead atoms. The van der Waals surface area contributed by atoms with Crippen LogP contribution < -0.4 is 11.0 Å². The van der Waals surface area contributed by atoms with E-state index in [-0.39, 0.29) is 11.3 Å². The fraction of sp³-hybridized carbons (Fsp3) is 0.333. The van der Waals surface area contributed by atoms with Crippen LogP contribution in [-0.4, -0.2) is 33.0 Å². The second kappa shape index (κ2) is 10.0. The van der Waals surface area contributed by atoms with E-state index in [1.165, 1.54) is 6.08 Å². The molecule has 0 fully saturated rings. The summed E-state index contributed by atoms with van der Waals surface area (Å²) in [4.78, 5) is 41.1. The Kier molecular flexibility index (Phi) is 7.18. The number of esters is 1. The Morgan fingerprint density at radius 3 is 2.64 bits per heavy atom. The molecule has 0 saturated heterocycles. The fourth-order valence-electron chi connectivity index (χ4n) is 3.51. The summed E-state index contributed by atoms with van der Waals surface area (Å²) in [5.41, 5.74) is 3.82. The van der Waals surface area contributed by atoms with Crippen molar-refractivity contribution in [1.29, 1.82) is 5.26 Å². The number of amides is 1. The molecule has 33 heavy (non-hydrogen) atoms. The minimum Gasteiger partial charge on any atom is -0.451 e. The SMILES string of the molecule is Cc1cc(/C=C(\C#N)C(=O)OCC(=O)Nc2ccc3[nH]c(=O)[nH]c3c2)c(C)n1CCC(C)C. The Morgan fingerprint density at radius 1 is 1.21 bits per heavy atom. The zero-order chi connectivity index (χ0) is 24.1. The first-order chi connectivity index (χ1) is 15.7. The van der Waals surface area contributed by atoms with E-state index in [0.29, 0.717) is 22.6 Å². The number of aromatic nitrogens is 3. The van der Waals surface area contributed by atoms with E-state index in [9.17, 15) is 19.6 Å². The van der Waals surface area contributed by atoms with E-state index in [1.807, 2.05) is 26.0 Å². The summed E-state index contributed by atoms with van der Waals surface area (Å²) in [7, 11) is 0. The lowest BCUT2D eigenvalue weighted by Crippen LogP contribution is -2.21. The molecule has 0 radical (unpaired) electrons. The molecule has 1 aromatic carbocycles. The lowest BCUT2D eigenvalue weighted by molar-refractivity contribution is -0.142. The number of anilines is 1. The monoisotopic (exact) mass is 449 g/mol. The Balaban J connectivity index is 1.63. The second-order valence-corrected chi connectivity index (χ2v) is 8.29. The number of hydrogen-bond donors (Lipinski definition) is 3. The first kappa shape index (κ1) is 23.6. The standard InChI is InChI=1S/C24H27N5O4/c1-14(2)7-8-29-15(3)9-17(16(29)4)10-18(12-25)23(31)33-13-22(30)26-19-5-6-20-21(11-19)28-24(32)27-20/h5-6,9-11,14H,7-8,13H2,1-4H3,(H,26,30)(H2,27,28,32)/b18-10+. The average molecular weight is 450 g/mol. The quantitative estimate of drug-likeness (QED) is 0.275. The van der Waals surface area contributed by atoms with E-state index in [0.717, 1.165) is 29.9 Å². The van der Waals surface area contributed by atoms with Crippen LogP contribution >= 0.6 is 0 Å². The highest BCUT2D eigenvalue weighted by molar-refractivity contribution is 6.00. The van der Waals surface area contributed by atoms with Gasteiger partial charge in [-0.25, -0.2) is 9.59 Å². The molecule has 172 valence electrons.